The zero-order chi connectivity index (χ0) is 23.1. The van der Waals surface area contributed by atoms with Crippen molar-refractivity contribution >= 4 is 44.6 Å². The number of methoxy groups -OCH3 is 2. The van der Waals surface area contributed by atoms with E-state index in [1.54, 1.807) is 60.7 Å². The number of hydrogen-bond donors (Lipinski definition) is 3. The molecule has 0 aromatic heterocycles. The molecule has 0 atom stereocenters. The van der Waals surface area contributed by atoms with Gasteiger partial charge in [-0.1, -0.05) is 12.1 Å². The standard InChI is InChI=1S/C22H21N3O5S2/c1-29-17-11-7-16(8-12-17)25-32(27,28)18-13-9-15(10-14-18)23-22(31)24-21(26)19-5-3-4-6-20(19)30-2/h3-14,25H,1-2H3,(H2,23,24,26,31). The van der Waals surface area contributed by atoms with Crippen LogP contribution in [0.5, 0.6) is 11.5 Å². The first-order valence-corrected chi connectivity index (χ1v) is 11.2. The predicted molar refractivity (Wildman–Crippen MR) is 127 cm³/mol. The maximum atomic E-state index is 12.6. The molecule has 8 nitrogen and oxygen atoms in total. The summed E-state index contributed by atoms with van der Waals surface area (Å²) in [7, 11) is -0.770. The summed E-state index contributed by atoms with van der Waals surface area (Å²) in [5.41, 5.74) is 1.26. The fourth-order valence-electron chi connectivity index (χ4n) is 2.76. The molecule has 0 aliphatic heterocycles. The molecule has 0 saturated carbocycles. The van der Waals surface area contributed by atoms with Gasteiger partial charge < -0.3 is 14.8 Å². The van der Waals surface area contributed by atoms with Crippen LogP contribution in [0, 0.1) is 0 Å². The summed E-state index contributed by atoms with van der Waals surface area (Å²) in [5, 5.41) is 5.48. The summed E-state index contributed by atoms with van der Waals surface area (Å²) in [6.07, 6.45) is 0. The molecule has 0 fully saturated rings. The fourth-order valence-corrected chi connectivity index (χ4v) is 4.02. The second-order valence-electron chi connectivity index (χ2n) is 6.47. The van der Waals surface area contributed by atoms with Crippen molar-refractivity contribution in [3.63, 3.8) is 0 Å². The van der Waals surface area contributed by atoms with Gasteiger partial charge in [0.25, 0.3) is 15.9 Å². The second kappa shape index (κ2) is 10.1. The van der Waals surface area contributed by atoms with E-state index in [4.69, 9.17) is 21.7 Å². The van der Waals surface area contributed by atoms with Gasteiger partial charge >= 0.3 is 0 Å². The van der Waals surface area contributed by atoms with Crippen molar-refractivity contribution in [3.05, 3.63) is 78.4 Å². The van der Waals surface area contributed by atoms with E-state index in [9.17, 15) is 13.2 Å². The van der Waals surface area contributed by atoms with Gasteiger partial charge in [-0.05, 0) is 72.9 Å². The van der Waals surface area contributed by atoms with Crippen molar-refractivity contribution in [2.45, 2.75) is 4.90 Å². The smallest absolute Gasteiger partial charge is 0.261 e. The van der Waals surface area contributed by atoms with E-state index in [2.05, 4.69) is 15.4 Å². The summed E-state index contributed by atoms with van der Waals surface area (Å²) in [6, 6.07) is 19.2. The largest absolute Gasteiger partial charge is 0.497 e. The van der Waals surface area contributed by atoms with Crippen LogP contribution in [0.4, 0.5) is 11.4 Å². The zero-order valence-corrected chi connectivity index (χ0v) is 18.9. The number of benzene rings is 3. The van der Waals surface area contributed by atoms with E-state index in [0.717, 1.165) is 0 Å². The zero-order valence-electron chi connectivity index (χ0n) is 17.3. The molecule has 3 aromatic rings. The van der Waals surface area contributed by atoms with Crippen molar-refractivity contribution in [3.8, 4) is 11.5 Å². The van der Waals surface area contributed by atoms with Gasteiger partial charge in [0, 0.05) is 11.4 Å². The SMILES string of the molecule is COc1ccc(NS(=O)(=O)c2ccc(NC(=S)NC(=O)c3ccccc3OC)cc2)cc1. The Balaban J connectivity index is 1.63. The lowest BCUT2D eigenvalue weighted by Crippen LogP contribution is -2.34. The molecular weight excluding hydrogens is 450 g/mol. The molecule has 10 heteroatoms. The minimum atomic E-state index is -3.78. The van der Waals surface area contributed by atoms with E-state index >= 15 is 0 Å². The van der Waals surface area contributed by atoms with E-state index in [1.807, 2.05) is 0 Å². The van der Waals surface area contributed by atoms with Crippen LogP contribution >= 0.6 is 12.2 Å². The average molecular weight is 472 g/mol. The highest BCUT2D eigenvalue weighted by Gasteiger charge is 2.15. The highest BCUT2D eigenvalue weighted by molar-refractivity contribution is 7.92. The van der Waals surface area contributed by atoms with E-state index < -0.39 is 15.9 Å². The van der Waals surface area contributed by atoms with Gasteiger partial charge in [-0.2, -0.15) is 0 Å². The highest BCUT2D eigenvalue weighted by atomic mass is 32.2. The Hall–Kier alpha value is -3.63. The van der Waals surface area contributed by atoms with Crippen LogP contribution in [0.1, 0.15) is 10.4 Å². The number of amides is 1. The van der Waals surface area contributed by atoms with Gasteiger partial charge in [0.2, 0.25) is 0 Å². The van der Waals surface area contributed by atoms with Gasteiger partial charge in [0.05, 0.1) is 24.7 Å². The Morgan fingerprint density at radius 1 is 0.844 bits per heavy atom. The van der Waals surface area contributed by atoms with Crippen LogP contribution in [0.25, 0.3) is 0 Å². The first-order valence-electron chi connectivity index (χ1n) is 9.34. The molecule has 0 bridgehead atoms. The third-order valence-corrected chi connectivity index (χ3v) is 5.94. The summed E-state index contributed by atoms with van der Waals surface area (Å²) in [4.78, 5) is 12.5. The number of nitrogens with one attached hydrogen (secondary N) is 3. The van der Waals surface area contributed by atoms with Crippen LogP contribution < -0.4 is 24.8 Å². The molecule has 166 valence electrons. The maximum absolute atomic E-state index is 12.6. The number of carbonyl (C=O) groups excluding carboxylic acids is 1. The van der Waals surface area contributed by atoms with Crippen molar-refractivity contribution in [2.24, 2.45) is 0 Å². The molecule has 1 amide bonds. The molecule has 0 aliphatic rings. The molecule has 0 saturated heterocycles. The Morgan fingerprint density at radius 3 is 2.09 bits per heavy atom. The van der Waals surface area contributed by atoms with Crippen LogP contribution in [0.2, 0.25) is 0 Å². The quantitative estimate of drug-likeness (QED) is 0.452. The normalized spacial score (nSPS) is 10.7. The Morgan fingerprint density at radius 2 is 1.47 bits per heavy atom. The third kappa shape index (κ3) is 5.74. The number of para-hydroxylation sites is 1. The summed E-state index contributed by atoms with van der Waals surface area (Å²) in [6.45, 7) is 0. The van der Waals surface area contributed by atoms with Crippen molar-refractivity contribution in [2.75, 3.05) is 24.3 Å². The van der Waals surface area contributed by atoms with E-state index in [0.29, 0.717) is 28.4 Å². The lowest BCUT2D eigenvalue weighted by molar-refractivity contribution is 0.0974. The topological polar surface area (TPSA) is 106 Å². The molecule has 0 unspecified atom stereocenters. The van der Waals surface area contributed by atoms with Gasteiger partial charge in [-0.3, -0.25) is 14.8 Å². The molecule has 0 spiro atoms. The summed E-state index contributed by atoms with van der Waals surface area (Å²) >= 11 is 5.18. The summed E-state index contributed by atoms with van der Waals surface area (Å²) < 4.78 is 37.9. The fraction of sp³-hybridized carbons (Fsp3) is 0.0909. The van der Waals surface area contributed by atoms with Crippen LogP contribution in [-0.2, 0) is 10.0 Å². The van der Waals surface area contributed by atoms with Gasteiger partial charge in [0.1, 0.15) is 11.5 Å². The Kier molecular flexibility index (Phi) is 7.29. The summed E-state index contributed by atoms with van der Waals surface area (Å²) in [5.74, 6) is 0.617. The Labute approximate surface area is 191 Å². The first-order chi connectivity index (χ1) is 15.3. The van der Waals surface area contributed by atoms with Crippen molar-refractivity contribution < 1.29 is 22.7 Å². The van der Waals surface area contributed by atoms with Crippen molar-refractivity contribution in [1.29, 1.82) is 0 Å². The molecule has 0 aliphatic carbocycles. The molecule has 0 heterocycles. The van der Waals surface area contributed by atoms with Crippen LogP contribution in [0.15, 0.2) is 77.7 Å². The van der Waals surface area contributed by atoms with E-state index in [-0.39, 0.29) is 10.0 Å². The lowest BCUT2D eigenvalue weighted by Gasteiger charge is -2.12. The van der Waals surface area contributed by atoms with Gasteiger partial charge in [-0.15, -0.1) is 0 Å². The average Bonchev–Trinajstić information content (AvgIpc) is 2.79. The minimum Gasteiger partial charge on any atom is -0.497 e. The number of sulfonamides is 1. The molecule has 3 rings (SSSR count). The third-order valence-electron chi connectivity index (χ3n) is 4.34. The number of hydrogen-bond acceptors (Lipinski definition) is 6. The Bertz CT molecular complexity index is 1210. The number of carbonyl (C=O) groups is 1. The lowest BCUT2D eigenvalue weighted by atomic mass is 10.2. The first kappa shape index (κ1) is 23.0. The number of rotatable bonds is 7. The van der Waals surface area contributed by atoms with Gasteiger partial charge in [-0.25, -0.2) is 8.42 Å². The molecule has 32 heavy (non-hydrogen) atoms. The minimum absolute atomic E-state index is 0.0628. The van der Waals surface area contributed by atoms with E-state index in [1.165, 1.54) is 26.4 Å². The van der Waals surface area contributed by atoms with Crippen LogP contribution in [-0.4, -0.2) is 33.7 Å². The second-order valence-corrected chi connectivity index (χ2v) is 8.56. The molecule has 3 aromatic carbocycles. The van der Waals surface area contributed by atoms with Crippen molar-refractivity contribution in [1.82, 2.24) is 5.32 Å². The predicted octanol–water partition coefficient (Wildman–Crippen LogP) is 3.63. The number of ether oxygens (including phenoxy) is 2. The molecule has 0 radical (unpaired) electrons. The maximum Gasteiger partial charge on any atom is 0.261 e. The molecule has 3 N–H and O–H groups in total. The number of thiocarbonyl (C=S) groups is 1. The van der Waals surface area contributed by atoms with Crippen LogP contribution in [0.3, 0.4) is 0 Å². The number of anilines is 2. The monoisotopic (exact) mass is 471 g/mol. The highest BCUT2D eigenvalue weighted by Crippen LogP contribution is 2.21. The van der Waals surface area contributed by atoms with Gasteiger partial charge in [0.15, 0.2) is 5.11 Å². The molecular formula is C22H21N3O5S2.